The van der Waals surface area contributed by atoms with Crippen LogP contribution in [0, 0.1) is 12.3 Å². The van der Waals surface area contributed by atoms with E-state index in [1.165, 1.54) is 4.90 Å². The fourth-order valence-electron chi connectivity index (χ4n) is 4.48. The van der Waals surface area contributed by atoms with E-state index in [1.54, 1.807) is 11.3 Å². The van der Waals surface area contributed by atoms with Crippen LogP contribution in [0.15, 0.2) is 29.8 Å². The number of carbonyl (C=O) groups is 3. The molecule has 2 aromatic rings. The molecule has 1 aromatic heterocycles. The van der Waals surface area contributed by atoms with Crippen molar-refractivity contribution in [3.8, 4) is 10.4 Å². The number of aliphatic hydroxyl groups is 1. The number of thiazole rings is 1. The van der Waals surface area contributed by atoms with Crippen molar-refractivity contribution in [3.05, 3.63) is 41.0 Å². The van der Waals surface area contributed by atoms with E-state index in [4.69, 9.17) is 0 Å². The van der Waals surface area contributed by atoms with Crippen LogP contribution in [-0.4, -0.2) is 57.4 Å². The summed E-state index contributed by atoms with van der Waals surface area (Å²) in [6.07, 6.45) is 0.361. The van der Waals surface area contributed by atoms with Gasteiger partial charge in [0.15, 0.2) is 0 Å². The van der Waals surface area contributed by atoms with Crippen LogP contribution in [0.4, 0.5) is 0 Å². The summed E-state index contributed by atoms with van der Waals surface area (Å²) in [7, 11) is 0. The Morgan fingerprint density at radius 2 is 1.86 bits per heavy atom. The minimum atomic E-state index is -0.804. The van der Waals surface area contributed by atoms with Gasteiger partial charge in [-0.05, 0) is 36.8 Å². The van der Waals surface area contributed by atoms with Gasteiger partial charge in [-0.1, -0.05) is 52.0 Å². The Labute approximate surface area is 217 Å². The fourth-order valence-corrected chi connectivity index (χ4v) is 5.29. The molecule has 9 heteroatoms. The predicted molar refractivity (Wildman–Crippen MR) is 141 cm³/mol. The Balaban J connectivity index is 1.72. The summed E-state index contributed by atoms with van der Waals surface area (Å²) < 4.78 is 0. The fraction of sp³-hybridized carbons (Fsp3) is 0.556. The molecule has 3 amide bonds. The first kappa shape index (κ1) is 27.8. The van der Waals surface area contributed by atoms with Crippen molar-refractivity contribution in [3.63, 3.8) is 0 Å². The number of benzene rings is 1. The minimum absolute atomic E-state index is 0.0599. The predicted octanol–water partition coefficient (Wildman–Crippen LogP) is 3.59. The molecule has 1 aliphatic heterocycles. The molecule has 8 nitrogen and oxygen atoms in total. The van der Waals surface area contributed by atoms with Crippen LogP contribution in [0.3, 0.4) is 0 Å². The molecule has 0 aliphatic carbocycles. The highest BCUT2D eigenvalue weighted by Gasteiger charge is 2.44. The monoisotopic (exact) mass is 514 g/mol. The molecule has 0 radical (unpaired) electrons. The summed E-state index contributed by atoms with van der Waals surface area (Å²) in [5, 5.41) is 16.2. The molecular formula is C27H38N4O4S. The summed E-state index contributed by atoms with van der Waals surface area (Å²) in [4.78, 5) is 46.0. The molecular weight excluding hydrogens is 476 g/mol. The SMILES string of the molecule is CCCC(=O)N[C@H](C(=O)N1C[C@H](O)C[C@H]1C(=O)N[C@@H](C)c1ccc(-c2scnc2C)cc1)C(C)(C)C. The highest BCUT2D eigenvalue weighted by Crippen LogP contribution is 2.29. The zero-order chi connectivity index (χ0) is 26.6. The standard InChI is InChI=1S/C27H38N4O4S/c1-7-8-22(33)30-24(27(4,5)6)26(35)31-14-20(32)13-21(31)25(34)29-16(2)18-9-11-19(12-10-18)23-17(3)28-15-36-23/h9-12,15-16,20-21,24,32H,7-8,13-14H2,1-6H3,(H,29,34)(H,30,33)/t16-,20+,21-,24+/m0/s1. The van der Waals surface area contributed by atoms with Crippen LogP contribution in [0.2, 0.25) is 0 Å². The van der Waals surface area contributed by atoms with Gasteiger partial charge in [-0.3, -0.25) is 14.4 Å². The number of nitrogens with one attached hydrogen (secondary N) is 2. The Morgan fingerprint density at radius 3 is 2.42 bits per heavy atom. The number of carbonyl (C=O) groups excluding carboxylic acids is 3. The average Bonchev–Trinajstić information content (AvgIpc) is 3.42. The molecule has 1 saturated heterocycles. The van der Waals surface area contributed by atoms with E-state index in [2.05, 4.69) is 15.6 Å². The number of rotatable bonds is 8. The van der Waals surface area contributed by atoms with E-state index in [0.717, 1.165) is 21.7 Å². The first-order valence-electron chi connectivity index (χ1n) is 12.5. The second kappa shape index (κ2) is 11.5. The highest BCUT2D eigenvalue weighted by molar-refractivity contribution is 7.13. The molecule has 4 atom stereocenters. The number of nitrogens with zero attached hydrogens (tertiary/aromatic N) is 2. The molecule has 0 saturated carbocycles. The highest BCUT2D eigenvalue weighted by atomic mass is 32.1. The largest absolute Gasteiger partial charge is 0.391 e. The summed E-state index contributed by atoms with van der Waals surface area (Å²) >= 11 is 1.59. The molecule has 0 spiro atoms. The van der Waals surface area contributed by atoms with Gasteiger partial charge in [-0.2, -0.15) is 0 Å². The lowest BCUT2D eigenvalue weighted by Crippen LogP contribution is -2.57. The van der Waals surface area contributed by atoms with Crippen LogP contribution in [0.1, 0.15) is 71.2 Å². The van der Waals surface area contributed by atoms with Gasteiger partial charge < -0.3 is 20.6 Å². The zero-order valence-electron chi connectivity index (χ0n) is 22.0. The smallest absolute Gasteiger partial charge is 0.246 e. The van der Waals surface area contributed by atoms with E-state index >= 15 is 0 Å². The molecule has 0 unspecified atom stereocenters. The molecule has 196 valence electrons. The van der Waals surface area contributed by atoms with Gasteiger partial charge in [0.1, 0.15) is 12.1 Å². The minimum Gasteiger partial charge on any atom is -0.391 e. The maximum Gasteiger partial charge on any atom is 0.246 e. The number of β-amino-alcohol motifs (C(OH)–C–C–N with tert-alkyl or cyclic N) is 1. The number of amides is 3. The Morgan fingerprint density at radius 1 is 1.19 bits per heavy atom. The normalized spacial score (nSPS) is 19.6. The van der Waals surface area contributed by atoms with E-state index in [9.17, 15) is 19.5 Å². The van der Waals surface area contributed by atoms with Gasteiger partial charge in [0.2, 0.25) is 17.7 Å². The molecule has 1 fully saturated rings. The first-order valence-corrected chi connectivity index (χ1v) is 13.4. The van der Waals surface area contributed by atoms with E-state index in [-0.39, 0.29) is 36.7 Å². The van der Waals surface area contributed by atoms with Crippen molar-refractivity contribution in [2.45, 2.75) is 85.0 Å². The maximum absolute atomic E-state index is 13.5. The van der Waals surface area contributed by atoms with Gasteiger partial charge in [0.05, 0.1) is 28.2 Å². The van der Waals surface area contributed by atoms with Crippen molar-refractivity contribution in [2.75, 3.05) is 6.54 Å². The molecule has 36 heavy (non-hydrogen) atoms. The van der Waals surface area contributed by atoms with Crippen LogP contribution >= 0.6 is 11.3 Å². The number of aliphatic hydroxyl groups excluding tert-OH is 1. The van der Waals surface area contributed by atoms with Crippen molar-refractivity contribution in [2.24, 2.45) is 5.41 Å². The van der Waals surface area contributed by atoms with E-state index in [0.29, 0.717) is 12.8 Å². The summed E-state index contributed by atoms with van der Waals surface area (Å²) in [6.45, 7) is 11.5. The number of aromatic nitrogens is 1. The van der Waals surface area contributed by atoms with Crippen LogP contribution in [-0.2, 0) is 14.4 Å². The molecule has 3 rings (SSSR count). The third-order valence-electron chi connectivity index (χ3n) is 6.54. The molecule has 2 heterocycles. The van der Waals surface area contributed by atoms with Crippen molar-refractivity contribution in [1.82, 2.24) is 20.5 Å². The molecule has 1 aromatic carbocycles. The van der Waals surface area contributed by atoms with Gasteiger partial charge in [-0.25, -0.2) is 4.98 Å². The third kappa shape index (κ3) is 6.50. The number of hydrogen-bond donors (Lipinski definition) is 3. The summed E-state index contributed by atoms with van der Waals surface area (Å²) in [5.74, 6) is -0.861. The van der Waals surface area contributed by atoms with Gasteiger partial charge >= 0.3 is 0 Å². The maximum atomic E-state index is 13.5. The van der Waals surface area contributed by atoms with E-state index < -0.39 is 23.6 Å². The van der Waals surface area contributed by atoms with Crippen molar-refractivity contribution < 1.29 is 19.5 Å². The Bertz CT molecular complexity index is 1080. The van der Waals surface area contributed by atoms with Crippen LogP contribution < -0.4 is 10.6 Å². The number of likely N-dealkylation sites (tertiary alicyclic amines) is 1. The second-order valence-corrected chi connectivity index (χ2v) is 11.5. The Kier molecular flexibility index (Phi) is 8.89. The molecule has 1 aliphatic rings. The summed E-state index contributed by atoms with van der Waals surface area (Å²) in [5.41, 5.74) is 4.26. The Hall–Kier alpha value is -2.78. The summed E-state index contributed by atoms with van der Waals surface area (Å²) in [6, 6.07) is 6.10. The zero-order valence-corrected chi connectivity index (χ0v) is 22.8. The van der Waals surface area contributed by atoms with Gasteiger partial charge in [-0.15, -0.1) is 11.3 Å². The topological polar surface area (TPSA) is 112 Å². The van der Waals surface area contributed by atoms with Crippen LogP contribution in [0.25, 0.3) is 10.4 Å². The van der Waals surface area contributed by atoms with Gasteiger partial charge in [0.25, 0.3) is 0 Å². The molecule has 3 N–H and O–H groups in total. The van der Waals surface area contributed by atoms with Crippen molar-refractivity contribution in [1.29, 1.82) is 0 Å². The molecule has 0 bridgehead atoms. The van der Waals surface area contributed by atoms with E-state index in [1.807, 2.05) is 71.3 Å². The second-order valence-electron chi connectivity index (χ2n) is 10.6. The quantitative estimate of drug-likeness (QED) is 0.499. The number of hydrogen-bond acceptors (Lipinski definition) is 6. The van der Waals surface area contributed by atoms with Crippen LogP contribution in [0.5, 0.6) is 0 Å². The first-order chi connectivity index (χ1) is 16.9. The lowest BCUT2D eigenvalue weighted by Gasteiger charge is -2.35. The third-order valence-corrected chi connectivity index (χ3v) is 7.51. The average molecular weight is 515 g/mol. The van der Waals surface area contributed by atoms with Gasteiger partial charge in [0, 0.05) is 19.4 Å². The lowest BCUT2D eigenvalue weighted by atomic mass is 9.85. The van der Waals surface area contributed by atoms with Crippen molar-refractivity contribution >= 4 is 29.1 Å². The lowest BCUT2D eigenvalue weighted by molar-refractivity contribution is -0.144. The number of aryl methyl sites for hydroxylation is 1.